The Kier molecular flexibility index (Phi) is 9.24. The van der Waals surface area contributed by atoms with E-state index in [1.54, 1.807) is 0 Å². The van der Waals surface area contributed by atoms with E-state index in [0.29, 0.717) is 17.0 Å². The van der Waals surface area contributed by atoms with E-state index < -0.39 is 6.10 Å². The Labute approximate surface area is 233 Å². The van der Waals surface area contributed by atoms with Crippen molar-refractivity contribution in [2.45, 2.75) is 57.0 Å². The summed E-state index contributed by atoms with van der Waals surface area (Å²) >= 11 is 0. The maximum atomic E-state index is 13.1. The first-order valence-corrected chi connectivity index (χ1v) is 14.4. The molecule has 3 heteroatoms. The normalized spacial score (nSPS) is 14.6. The summed E-state index contributed by atoms with van der Waals surface area (Å²) in [6.07, 6.45) is 7.11. The summed E-state index contributed by atoms with van der Waals surface area (Å²) in [4.78, 5) is 15.5. The summed E-state index contributed by atoms with van der Waals surface area (Å²) in [5.74, 6) is 0.357. The van der Waals surface area contributed by atoms with Gasteiger partial charge in [0.05, 0.1) is 0 Å². The highest BCUT2D eigenvalue weighted by Gasteiger charge is 2.21. The number of ketones is 1. The predicted octanol–water partition coefficient (Wildman–Crippen LogP) is 7.94. The van der Waals surface area contributed by atoms with Crippen LogP contribution in [0.2, 0.25) is 0 Å². The van der Waals surface area contributed by atoms with Gasteiger partial charge in [-0.1, -0.05) is 116 Å². The topological polar surface area (TPSA) is 40.5 Å². The van der Waals surface area contributed by atoms with E-state index in [0.717, 1.165) is 31.6 Å². The highest BCUT2D eigenvalue weighted by Crippen LogP contribution is 2.33. The van der Waals surface area contributed by atoms with Gasteiger partial charge in [0.25, 0.3) is 0 Å². The Morgan fingerprint density at radius 1 is 0.692 bits per heavy atom. The minimum Gasteiger partial charge on any atom is -0.380 e. The number of rotatable bonds is 11. The molecule has 3 nitrogen and oxygen atoms in total. The number of aliphatic hydroxyl groups excluding tert-OH is 1. The molecule has 0 radical (unpaired) electrons. The summed E-state index contributed by atoms with van der Waals surface area (Å²) in [6.45, 7) is 1.79. The van der Waals surface area contributed by atoms with Crippen molar-refractivity contribution in [1.29, 1.82) is 0 Å². The molecule has 4 aromatic rings. The van der Waals surface area contributed by atoms with Crippen LogP contribution in [0, 0.1) is 0 Å². The second-order valence-electron chi connectivity index (χ2n) is 10.8. The van der Waals surface area contributed by atoms with Gasteiger partial charge < -0.3 is 10.0 Å². The highest BCUT2D eigenvalue weighted by atomic mass is 16.3. The van der Waals surface area contributed by atoms with E-state index in [2.05, 4.69) is 65.6 Å². The Hall–Kier alpha value is -3.69. The molecule has 4 aromatic carbocycles. The van der Waals surface area contributed by atoms with Gasteiger partial charge in [0.2, 0.25) is 0 Å². The molecule has 0 aliphatic heterocycles. The molecule has 1 N–H and O–H groups in total. The zero-order valence-electron chi connectivity index (χ0n) is 22.7. The zero-order valence-corrected chi connectivity index (χ0v) is 22.7. The molecule has 0 saturated heterocycles. The molecule has 1 unspecified atom stereocenters. The fraction of sp³-hybridized carbons (Fsp3) is 0.306. The third-order valence-corrected chi connectivity index (χ3v) is 8.12. The number of Topliss-reactive ketones (excluding diaryl/α,β-unsaturated/α-hetero) is 1. The van der Waals surface area contributed by atoms with Crippen molar-refractivity contribution in [3.8, 4) is 0 Å². The van der Waals surface area contributed by atoms with Gasteiger partial charge in [0.1, 0.15) is 6.10 Å². The van der Waals surface area contributed by atoms with Crippen molar-refractivity contribution < 1.29 is 9.90 Å². The second kappa shape index (κ2) is 13.4. The lowest BCUT2D eigenvalue weighted by Crippen LogP contribution is -2.28. The minimum absolute atomic E-state index is 0.247. The SMILES string of the molecule is O=C(c1ccc(C2CCCCC2)cc1)C(O)c1ccc(N(CCc2ccccc2)CCc2ccccc2)cc1. The first kappa shape index (κ1) is 26.9. The van der Waals surface area contributed by atoms with E-state index in [9.17, 15) is 9.90 Å². The fourth-order valence-electron chi connectivity index (χ4n) is 5.72. The first-order valence-electron chi connectivity index (χ1n) is 14.4. The van der Waals surface area contributed by atoms with Crippen molar-refractivity contribution in [3.63, 3.8) is 0 Å². The maximum Gasteiger partial charge on any atom is 0.195 e. The van der Waals surface area contributed by atoms with Crippen LogP contribution in [0.4, 0.5) is 5.69 Å². The van der Waals surface area contributed by atoms with Gasteiger partial charge in [-0.2, -0.15) is 0 Å². The lowest BCUT2D eigenvalue weighted by atomic mass is 9.83. The number of anilines is 1. The van der Waals surface area contributed by atoms with Crippen LogP contribution >= 0.6 is 0 Å². The predicted molar refractivity (Wildman–Crippen MR) is 161 cm³/mol. The van der Waals surface area contributed by atoms with Gasteiger partial charge in [-0.05, 0) is 66.0 Å². The van der Waals surface area contributed by atoms with E-state index in [-0.39, 0.29) is 5.78 Å². The monoisotopic (exact) mass is 517 g/mol. The molecule has 0 spiro atoms. The second-order valence-corrected chi connectivity index (χ2v) is 10.8. The van der Waals surface area contributed by atoms with Crippen LogP contribution in [0.3, 0.4) is 0 Å². The third-order valence-electron chi connectivity index (χ3n) is 8.12. The largest absolute Gasteiger partial charge is 0.380 e. The molecule has 1 fully saturated rings. The number of nitrogens with zero attached hydrogens (tertiary/aromatic N) is 1. The summed E-state index contributed by atoms with van der Waals surface area (Å²) in [7, 11) is 0. The number of carbonyl (C=O) groups is 1. The van der Waals surface area contributed by atoms with Crippen molar-refractivity contribution in [1.82, 2.24) is 0 Å². The molecule has 200 valence electrons. The van der Waals surface area contributed by atoms with Crippen LogP contribution in [0.1, 0.15) is 76.7 Å². The molecule has 0 bridgehead atoms. The molecule has 1 atom stereocenters. The lowest BCUT2D eigenvalue weighted by molar-refractivity contribution is 0.0747. The molecule has 0 amide bonds. The number of benzene rings is 4. The van der Waals surface area contributed by atoms with Crippen LogP contribution in [0.5, 0.6) is 0 Å². The van der Waals surface area contributed by atoms with E-state index in [1.165, 1.54) is 48.8 Å². The summed E-state index contributed by atoms with van der Waals surface area (Å²) in [5.41, 5.74) is 6.24. The van der Waals surface area contributed by atoms with Crippen LogP contribution in [-0.4, -0.2) is 24.0 Å². The number of carbonyl (C=O) groups excluding carboxylic acids is 1. The van der Waals surface area contributed by atoms with E-state index >= 15 is 0 Å². The van der Waals surface area contributed by atoms with Gasteiger partial charge in [0, 0.05) is 24.3 Å². The zero-order chi connectivity index (χ0) is 26.9. The van der Waals surface area contributed by atoms with Crippen LogP contribution in [0.25, 0.3) is 0 Å². The Morgan fingerprint density at radius 2 is 1.23 bits per heavy atom. The van der Waals surface area contributed by atoms with Gasteiger partial charge >= 0.3 is 0 Å². The van der Waals surface area contributed by atoms with Gasteiger partial charge in [-0.15, -0.1) is 0 Å². The smallest absolute Gasteiger partial charge is 0.195 e. The number of hydrogen-bond acceptors (Lipinski definition) is 3. The molecule has 1 aliphatic carbocycles. The minimum atomic E-state index is -1.17. The van der Waals surface area contributed by atoms with Crippen LogP contribution in [-0.2, 0) is 12.8 Å². The summed E-state index contributed by atoms with van der Waals surface area (Å²) in [5, 5.41) is 10.9. The molecule has 0 heterocycles. The van der Waals surface area contributed by atoms with Crippen molar-refractivity contribution in [2.75, 3.05) is 18.0 Å². The van der Waals surface area contributed by atoms with Crippen molar-refractivity contribution in [2.24, 2.45) is 0 Å². The van der Waals surface area contributed by atoms with Gasteiger partial charge in [0.15, 0.2) is 5.78 Å². The molecule has 1 saturated carbocycles. The molecular formula is C36H39NO2. The average Bonchev–Trinajstić information content (AvgIpc) is 3.02. The quantitative estimate of drug-likeness (QED) is 0.205. The van der Waals surface area contributed by atoms with E-state index in [4.69, 9.17) is 0 Å². The maximum absolute atomic E-state index is 13.1. The molecule has 0 aromatic heterocycles. The number of hydrogen-bond donors (Lipinski definition) is 1. The molecule has 39 heavy (non-hydrogen) atoms. The average molecular weight is 518 g/mol. The van der Waals surface area contributed by atoms with E-state index in [1.807, 2.05) is 48.5 Å². The Morgan fingerprint density at radius 3 is 1.77 bits per heavy atom. The van der Waals surface area contributed by atoms with Crippen molar-refractivity contribution in [3.05, 3.63) is 137 Å². The van der Waals surface area contributed by atoms with Crippen LogP contribution in [0.15, 0.2) is 109 Å². The first-order chi connectivity index (χ1) is 19.2. The van der Waals surface area contributed by atoms with Crippen LogP contribution < -0.4 is 4.90 Å². The summed E-state index contributed by atoms with van der Waals surface area (Å²) < 4.78 is 0. The Bertz CT molecular complexity index is 1250. The van der Waals surface area contributed by atoms with Crippen molar-refractivity contribution >= 4 is 11.5 Å². The molecule has 1 aliphatic rings. The lowest BCUT2D eigenvalue weighted by Gasteiger charge is -2.26. The van der Waals surface area contributed by atoms with Gasteiger partial charge in [-0.3, -0.25) is 4.79 Å². The fourth-order valence-corrected chi connectivity index (χ4v) is 5.72. The molecule has 5 rings (SSSR count). The third kappa shape index (κ3) is 7.25. The highest BCUT2D eigenvalue weighted by molar-refractivity contribution is 5.99. The number of aliphatic hydroxyl groups is 1. The molecular weight excluding hydrogens is 478 g/mol. The standard InChI is InChI=1S/C36H39NO2/c38-35(32-18-16-31(17-19-32)30-14-8-3-9-15-30)36(39)33-20-22-34(23-21-33)37(26-24-28-10-4-1-5-11-28)27-25-29-12-6-2-7-13-29/h1-2,4-7,10-13,16-23,30,36,39H,3,8-9,14-15,24-27H2. The Balaban J connectivity index is 1.26. The summed E-state index contributed by atoms with van der Waals surface area (Å²) in [6, 6.07) is 36.9. The van der Waals surface area contributed by atoms with Gasteiger partial charge in [-0.25, -0.2) is 0 Å².